The standard InChI is InChI=1S/C25H38O11S/c1-24-9-7-13(34-23-19(28)20(36-37(31,32)33)18(27)21(35-23)22(29)30)11-12(24)3-4-14-15-5-6-17(26)25(15,2)10-8-16(14)24/h12-16,18-21,23,27-28H,3-11H2,1-2H3,(H,29,30)(H,31,32,33)/t12-,13-,14+,15+,16+,18+,19-,20+,21+,23-,24+,25+/m1/s1. The van der Waals surface area contributed by atoms with E-state index in [0.717, 1.165) is 38.5 Å². The summed E-state index contributed by atoms with van der Waals surface area (Å²) in [4.78, 5) is 24.2. The third kappa shape index (κ3) is 4.66. The third-order valence-electron chi connectivity index (χ3n) is 10.7. The predicted molar refractivity (Wildman–Crippen MR) is 126 cm³/mol. The largest absolute Gasteiger partial charge is 0.479 e. The minimum atomic E-state index is -5.09. The molecule has 0 aromatic carbocycles. The van der Waals surface area contributed by atoms with Gasteiger partial charge in [0.05, 0.1) is 6.10 Å². The Kier molecular flexibility index (Phi) is 7.04. The molecule has 5 fully saturated rings. The average Bonchev–Trinajstić information content (AvgIpc) is 3.12. The van der Waals surface area contributed by atoms with Crippen molar-refractivity contribution in [1.82, 2.24) is 0 Å². The lowest BCUT2D eigenvalue weighted by Gasteiger charge is -2.60. The fraction of sp³-hybridized carbons (Fsp3) is 0.920. The van der Waals surface area contributed by atoms with Crippen molar-refractivity contribution in [1.29, 1.82) is 0 Å². The van der Waals surface area contributed by atoms with E-state index in [4.69, 9.17) is 14.0 Å². The molecule has 210 valence electrons. The van der Waals surface area contributed by atoms with Crippen molar-refractivity contribution in [2.24, 2.45) is 34.5 Å². The highest BCUT2D eigenvalue weighted by molar-refractivity contribution is 7.80. The van der Waals surface area contributed by atoms with Crippen LogP contribution in [0.5, 0.6) is 0 Å². The molecule has 1 heterocycles. The number of carbonyl (C=O) groups is 2. The Morgan fingerprint density at radius 1 is 1.03 bits per heavy atom. The molecular formula is C25H38O11S. The number of aliphatic carboxylic acids is 1. The summed E-state index contributed by atoms with van der Waals surface area (Å²) in [5.41, 5.74) is -0.0801. The summed E-state index contributed by atoms with van der Waals surface area (Å²) in [5.74, 6) is 0.722. The van der Waals surface area contributed by atoms with Crippen molar-refractivity contribution in [3.8, 4) is 0 Å². The first kappa shape index (κ1) is 27.4. The van der Waals surface area contributed by atoms with Gasteiger partial charge in [0.15, 0.2) is 12.4 Å². The van der Waals surface area contributed by atoms with E-state index in [0.29, 0.717) is 48.7 Å². The van der Waals surface area contributed by atoms with Crippen LogP contribution in [0.3, 0.4) is 0 Å². The first-order valence-corrected chi connectivity index (χ1v) is 14.7. The summed E-state index contributed by atoms with van der Waals surface area (Å²) in [5, 5.41) is 30.3. The van der Waals surface area contributed by atoms with Crippen molar-refractivity contribution in [2.75, 3.05) is 0 Å². The Balaban J connectivity index is 1.28. The molecule has 0 aromatic rings. The van der Waals surface area contributed by atoms with Gasteiger partial charge in [0.1, 0.15) is 24.1 Å². The van der Waals surface area contributed by atoms with E-state index in [1.807, 2.05) is 0 Å². The molecule has 0 spiro atoms. The fourth-order valence-corrected chi connectivity index (χ4v) is 9.22. The van der Waals surface area contributed by atoms with Gasteiger partial charge in [-0.3, -0.25) is 9.35 Å². The molecule has 5 rings (SSSR count). The topological polar surface area (TPSA) is 177 Å². The number of Topliss-reactive ketones (excluding diaryl/α,β-unsaturated/α-hetero) is 1. The molecule has 0 unspecified atom stereocenters. The van der Waals surface area contributed by atoms with Gasteiger partial charge in [-0.05, 0) is 80.5 Å². The monoisotopic (exact) mass is 546 g/mol. The predicted octanol–water partition coefficient (Wildman–Crippen LogP) is 1.70. The molecule has 12 heteroatoms. The van der Waals surface area contributed by atoms with Crippen molar-refractivity contribution < 1.29 is 51.5 Å². The van der Waals surface area contributed by atoms with Gasteiger partial charge in [0, 0.05) is 11.8 Å². The van der Waals surface area contributed by atoms with E-state index in [2.05, 4.69) is 18.0 Å². The summed E-state index contributed by atoms with van der Waals surface area (Å²) in [6.07, 6.45) is -1.76. The van der Waals surface area contributed by atoms with E-state index < -0.39 is 47.1 Å². The average molecular weight is 547 g/mol. The maximum atomic E-state index is 12.7. The second-order valence-corrected chi connectivity index (χ2v) is 13.4. The Hall–Kier alpha value is -1.15. The number of fused-ring (bicyclic) bond motifs is 5. The van der Waals surface area contributed by atoms with Crippen molar-refractivity contribution in [2.45, 2.75) is 108 Å². The minimum Gasteiger partial charge on any atom is -0.479 e. The van der Waals surface area contributed by atoms with Crippen LogP contribution in [0.1, 0.15) is 71.6 Å². The van der Waals surface area contributed by atoms with Crippen molar-refractivity contribution in [3.63, 3.8) is 0 Å². The molecule has 11 nitrogen and oxygen atoms in total. The van der Waals surface area contributed by atoms with Crippen molar-refractivity contribution in [3.05, 3.63) is 0 Å². The van der Waals surface area contributed by atoms with Crippen LogP contribution in [-0.4, -0.2) is 76.9 Å². The van der Waals surface area contributed by atoms with Crippen LogP contribution >= 0.6 is 0 Å². The Morgan fingerprint density at radius 3 is 2.43 bits per heavy atom. The van der Waals surface area contributed by atoms with Gasteiger partial charge in [-0.1, -0.05) is 13.8 Å². The van der Waals surface area contributed by atoms with Crippen LogP contribution in [-0.2, 0) is 33.6 Å². The lowest BCUT2D eigenvalue weighted by Crippen LogP contribution is -2.62. The molecule has 5 aliphatic rings. The number of aliphatic hydroxyl groups is 2. The van der Waals surface area contributed by atoms with Crippen molar-refractivity contribution >= 4 is 22.2 Å². The van der Waals surface area contributed by atoms with E-state index in [1.54, 1.807) is 0 Å². The number of rotatable bonds is 5. The SMILES string of the molecule is C[C@]12CC[C@@H](O[C@@H]3O[C@H](C(=O)O)[C@@H](O)[C@H](OS(=O)(=O)O)[C@H]3O)C[C@H]1CC[C@@H]1[C@@H]2CC[C@]2(C)C(=O)CC[C@@H]12. The summed E-state index contributed by atoms with van der Waals surface area (Å²) in [6.45, 7) is 4.51. The molecule has 4 aliphatic carbocycles. The molecule has 0 radical (unpaired) electrons. The summed E-state index contributed by atoms with van der Waals surface area (Å²) >= 11 is 0. The van der Waals surface area contributed by atoms with Gasteiger partial charge in [-0.25, -0.2) is 8.98 Å². The van der Waals surface area contributed by atoms with Crippen LogP contribution in [0.4, 0.5) is 0 Å². The first-order chi connectivity index (χ1) is 17.2. The second-order valence-electron chi connectivity index (χ2n) is 12.3. The van der Waals surface area contributed by atoms with Crippen LogP contribution in [0, 0.1) is 34.5 Å². The highest BCUT2D eigenvalue weighted by Gasteiger charge is 2.60. The lowest BCUT2D eigenvalue weighted by atomic mass is 9.45. The zero-order valence-electron chi connectivity index (χ0n) is 21.2. The highest BCUT2D eigenvalue weighted by Crippen LogP contribution is 2.65. The Bertz CT molecular complexity index is 1030. The smallest absolute Gasteiger partial charge is 0.397 e. The molecule has 4 saturated carbocycles. The molecular weight excluding hydrogens is 508 g/mol. The van der Waals surface area contributed by atoms with Gasteiger partial charge in [0.25, 0.3) is 0 Å². The van der Waals surface area contributed by atoms with Gasteiger partial charge in [-0.15, -0.1) is 0 Å². The zero-order chi connectivity index (χ0) is 26.9. The number of ketones is 1. The summed E-state index contributed by atoms with van der Waals surface area (Å²) in [6, 6.07) is 0. The maximum Gasteiger partial charge on any atom is 0.397 e. The van der Waals surface area contributed by atoms with Crippen LogP contribution in [0.25, 0.3) is 0 Å². The fourth-order valence-electron chi connectivity index (χ4n) is 8.71. The number of hydrogen-bond acceptors (Lipinski definition) is 9. The van der Waals surface area contributed by atoms with Crippen LogP contribution in [0.15, 0.2) is 0 Å². The Labute approximate surface area is 216 Å². The third-order valence-corrected chi connectivity index (χ3v) is 11.1. The second kappa shape index (κ2) is 9.50. The van der Waals surface area contributed by atoms with Gasteiger partial charge < -0.3 is 24.8 Å². The molecule has 4 N–H and O–H groups in total. The molecule has 0 bridgehead atoms. The number of aliphatic hydroxyl groups excluding tert-OH is 2. The molecule has 1 aliphatic heterocycles. The van der Waals surface area contributed by atoms with Crippen LogP contribution < -0.4 is 0 Å². The number of carbonyl (C=O) groups excluding carboxylic acids is 1. The van der Waals surface area contributed by atoms with Gasteiger partial charge >= 0.3 is 16.4 Å². The molecule has 12 atom stereocenters. The number of hydrogen-bond donors (Lipinski definition) is 4. The quantitative estimate of drug-likeness (QED) is 0.291. The summed E-state index contributed by atoms with van der Waals surface area (Å²) < 4.78 is 47.3. The number of carboxylic acid groups (broad SMARTS) is 1. The zero-order valence-corrected chi connectivity index (χ0v) is 22.0. The van der Waals surface area contributed by atoms with E-state index >= 15 is 0 Å². The molecule has 0 aromatic heterocycles. The normalized spacial score (nSPS) is 50.1. The minimum absolute atomic E-state index is 0.0954. The molecule has 1 saturated heterocycles. The maximum absolute atomic E-state index is 12.7. The summed E-state index contributed by atoms with van der Waals surface area (Å²) in [7, 11) is -5.09. The Morgan fingerprint density at radius 2 is 1.76 bits per heavy atom. The molecule has 37 heavy (non-hydrogen) atoms. The van der Waals surface area contributed by atoms with Gasteiger partial charge in [-0.2, -0.15) is 8.42 Å². The van der Waals surface area contributed by atoms with E-state index in [9.17, 15) is 33.3 Å². The number of carboxylic acids is 1. The lowest BCUT2D eigenvalue weighted by molar-refractivity contribution is -0.306. The number of ether oxygens (including phenoxy) is 2. The van der Waals surface area contributed by atoms with E-state index in [-0.39, 0.29) is 16.9 Å². The van der Waals surface area contributed by atoms with Crippen LogP contribution in [0.2, 0.25) is 0 Å². The molecule has 0 amide bonds. The van der Waals surface area contributed by atoms with Gasteiger partial charge in [0.2, 0.25) is 0 Å². The van der Waals surface area contributed by atoms with E-state index in [1.165, 1.54) is 0 Å². The highest BCUT2D eigenvalue weighted by atomic mass is 32.3. The first-order valence-electron chi connectivity index (χ1n) is 13.3.